The van der Waals surface area contributed by atoms with Crippen molar-refractivity contribution in [1.29, 1.82) is 0 Å². The molecule has 0 bridgehead atoms. The first-order valence-corrected chi connectivity index (χ1v) is 11.3. The number of benzene rings is 2. The number of rotatable bonds is 7. The third kappa shape index (κ3) is 4.32. The Morgan fingerprint density at radius 1 is 1.28 bits per heavy atom. The average Bonchev–Trinajstić information content (AvgIpc) is 3.08. The molecule has 0 radical (unpaired) electrons. The average molecular weight is 450 g/mol. The van der Waals surface area contributed by atoms with Crippen molar-refractivity contribution in [2.24, 2.45) is 11.1 Å². The predicted molar refractivity (Wildman–Crippen MR) is 131 cm³/mol. The smallest absolute Gasteiger partial charge is 0.132 e. The van der Waals surface area contributed by atoms with Crippen LogP contribution in [0.1, 0.15) is 42.9 Å². The van der Waals surface area contributed by atoms with Gasteiger partial charge in [0.25, 0.3) is 0 Å². The first kappa shape index (κ1) is 22.6. The summed E-state index contributed by atoms with van der Waals surface area (Å²) in [7, 11) is 0. The zero-order chi connectivity index (χ0) is 22.9. The molecule has 0 spiro atoms. The molecule has 0 amide bonds. The second kappa shape index (κ2) is 9.09. The number of halogens is 2. The van der Waals surface area contributed by atoms with E-state index in [1.54, 1.807) is 6.07 Å². The number of ether oxygens (including phenoxy) is 1. The summed E-state index contributed by atoms with van der Waals surface area (Å²) in [6, 6.07) is 13.0. The lowest BCUT2D eigenvalue weighted by Gasteiger charge is -2.37. The van der Waals surface area contributed by atoms with E-state index in [0.717, 1.165) is 36.3 Å². The minimum Gasteiger partial charge on any atom is -0.399 e. The van der Waals surface area contributed by atoms with Crippen LogP contribution in [0.3, 0.4) is 0 Å². The summed E-state index contributed by atoms with van der Waals surface area (Å²) in [6.45, 7) is 10.4. The summed E-state index contributed by atoms with van der Waals surface area (Å²) in [5.41, 5.74) is 12.3. The van der Waals surface area contributed by atoms with Gasteiger partial charge in [0.15, 0.2) is 0 Å². The van der Waals surface area contributed by atoms with Crippen molar-refractivity contribution in [2.45, 2.75) is 45.3 Å². The molecule has 2 unspecified atom stereocenters. The molecule has 2 aromatic carbocycles. The summed E-state index contributed by atoms with van der Waals surface area (Å²) >= 11 is 6.04. The maximum absolute atomic E-state index is 14.3. The number of hydrogen-bond acceptors (Lipinski definition) is 2. The van der Waals surface area contributed by atoms with Gasteiger partial charge in [-0.3, -0.25) is 0 Å². The second-order valence-electron chi connectivity index (χ2n) is 8.96. The lowest BCUT2D eigenvalue weighted by Crippen LogP contribution is -2.33. The second-order valence-corrected chi connectivity index (χ2v) is 9.40. The molecule has 2 atom stereocenters. The Bertz CT molecular complexity index is 1110. The van der Waals surface area contributed by atoms with Crippen molar-refractivity contribution in [3.8, 4) is 0 Å². The van der Waals surface area contributed by atoms with Crippen molar-refractivity contribution in [1.82, 2.24) is 0 Å². The van der Waals surface area contributed by atoms with Crippen LogP contribution >= 0.6 is 11.6 Å². The molecule has 2 aromatic rings. The largest absolute Gasteiger partial charge is 0.399 e. The van der Waals surface area contributed by atoms with Gasteiger partial charge in [-0.15, -0.1) is 0 Å². The van der Waals surface area contributed by atoms with E-state index >= 15 is 0 Å². The van der Waals surface area contributed by atoms with Crippen LogP contribution in [-0.2, 0) is 17.8 Å². The van der Waals surface area contributed by atoms with Gasteiger partial charge in [-0.25, -0.2) is 4.39 Å². The highest BCUT2D eigenvalue weighted by Crippen LogP contribution is 2.52. The summed E-state index contributed by atoms with van der Waals surface area (Å²) in [4.78, 5) is 0. The van der Waals surface area contributed by atoms with Crippen LogP contribution in [-0.4, -0.2) is 6.10 Å². The molecule has 2 aliphatic carbocycles. The number of fused-ring (bicyclic) bond motifs is 1. The number of nitrogens with two attached hydrogens (primary N) is 1. The predicted octanol–water partition coefficient (Wildman–Crippen LogP) is 7.15. The van der Waals surface area contributed by atoms with E-state index in [2.05, 4.69) is 38.3 Å². The highest BCUT2D eigenvalue weighted by molar-refractivity contribution is 6.30. The molecular weight excluding hydrogens is 421 g/mol. The molecule has 4 heteroatoms. The Hall–Kier alpha value is -2.62. The summed E-state index contributed by atoms with van der Waals surface area (Å²) in [5.74, 6) is -0.363. The molecule has 0 aromatic heterocycles. The van der Waals surface area contributed by atoms with Crippen LogP contribution in [0.25, 0.3) is 5.70 Å². The van der Waals surface area contributed by atoms with E-state index in [-0.39, 0.29) is 23.0 Å². The van der Waals surface area contributed by atoms with Gasteiger partial charge in [-0.05, 0) is 66.2 Å². The molecule has 2 N–H and O–H groups in total. The Balaban J connectivity index is 1.53. The number of hydrogen-bond donors (Lipinski definition) is 1. The molecular formula is C28H29ClFNO. The molecule has 4 rings (SSSR count). The van der Waals surface area contributed by atoms with Crippen molar-refractivity contribution >= 4 is 17.3 Å². The maximum Gasteiger partial charge on any atom is 0.132 e. The van der Waals surface area contributed by atoms with Gasteiger partial charge < -0.3 is 10.5 Å². The molecule has 0 saturated heterocycles. The van der Waals surface area contributed by atoms with Crippen molar-refractivity contribution in [3.05, 3.63) is 112 Å². The Morgan fingerprint density at radius 3 is 2.72 bits per heavy atom. The van der Waals surface area contributed by atoms with E-state index in [0.29, 0.717) is 12.2 Å². The van der Waals surface area contributed by atoms with Crippen LogP contribution in [0.2, 0.25) is 5.02 Å². The lowest BCUT2D eigenvalue weighted by atomic mass is 9.71. The fourth-order valence-electron chi connectivity index (χ4n) is 5.07. The minimum absolute atomic E-state index is 0.0444. The molecule has 0 aliphatic heterocycles. The van der Waals surface area contributed by atoms with Gasteiger partial charge in [0.1, 0.15) is 5.82 Å². The molecule has 166 valence electrons. The molecule has 32 heavy (non-hydrogen) atoms. The summed E-state index contributed by atoms with van der Waals surface area (Å²) in [5, 5.41) is 0.747. The van der Waals surface area contributed by atoms with Crippen LogP contribution in [0.5, 0.6) is 0 Å². The van der Waals surface area contributed by atoms with Crippen molar-refractivity contribution < 1.29 is 9.13 Å². The first-order valence-electron chi connectivity index (χ1n) is 11.0. The topological polar surface area (TPSA) is 35.2 Å². The van der Waals surface area contributed by atoms with Gasteiger partial charge in [-0.1, -0.05) is 73.7 Å². The zero-order valence-electron chi connectivity index (χ0n) is 18.5. The molecule has 0 heterocycles. The molecule has 1 fully saturated rings. The van der Waals surface area contributed by atoms with Gasteiger partial charge in [0.2, 0.25) is 0 Å². The Labute approximate surface area is 194 Å². The van der Waals surface area contributed by atoms with Crippen molar-refractivity contribution in [2.75, 3.05) is 0 Å². The standard InChI is InChI=1S/C28H29ClFNO/c1-4-20-16-28(3)23(15-22(20)14-19-8-11-24(29)12-9-19)10-13-26(28)32-17-21-6-5-7-25(30)27(21)18(2)31/h4-9,11-12,15,26H,1-2,10,13-14,16-17,31H2,3H3. The van der Waals surface area contributed by atoms with E-state index in [1.807, 2.05) is 24.3 Å². The van der Waals surface area contributed by atoms with E-state index in [1.165, 1.54) is 28.3 Å². The molecule has 2 aliphatic rings. The van der Waals surface area contributed by atoms with E-state index < -0.39 is 0 Å². The van der Waals surface area contributed by atoms with Crippen LogP contribution < -0.4 is 5.73 Å². The number of allylic oxidation sites excluding steroid dienone is 4. The van der Waals surface area contributed by atoms with Crippen LogP contribution in [0.4, 0.5) is 4.39 Å². The quantitative estimate of drug-likeness (QED) is 0.487. The SMILES string of the molecule is C=CC1=C(Cc2ccc(Cl)cc2)C=C2CCC(OCc3cccc(F)c3C(=C)N)C2(C)C1. The monoisotopic (exact) mass is 449 g/mol. The summed E-state index contributed by atoms with van der Waals surface area (Å²) in [6.07, 6.45) is 8.04. The third-order valence-electron chi connectivity index (χ3n) is 6.85. The Kier molecular flexibility index (Phi) is 6.41. The lowest BCUT2D eigenvalue weighted by molar-refractivity contribution is -0.0141. The fraction of sp³-hybridized carbons (Fsp3) is 0.286. The molecule has 1 saturated carbocycles. The first-order chi connectivity index (χ1) is 15.3. The van der Waals surface area contributed by atoms with Crippen molar-refractivity contribution in [3.63, 3.8) is 0 Å². The van der Waals surface area contributed by atoms with E-state index in [9.17, 15) is 4.39 Å². The van der Waals surface area contributed by atoms with E-state index in [4.69, 9.17) is 22.1 Å². The van der Waals surface area contributed by atoms with Crippen LogP contribution in [0.15, 0.2) is 84.5 Å². The van der Waals surface area contributed by atoms with Gasteiger partial charge in [-0.2, -0.15) is 0 Å². The summed E-state index contributed by atoms with van der Waals surface area (Å²) < 4.78 is 20.6. The third-order valence-corrected chi connectivity index (χ3v) is 7.11. The van der Waals surface area contributed by atoms with Gasteiger partial charge >= 0.3 is 0 Å². The van der Waals surface area contributed by atoms with Gasteiger partial charge in [0, 0.05) is 21.7 Å². The highest BCUT2D eigenvalue weighted by Gasteiger charge is 2.45. The van der Waals surface area contributed by atoms with Crippen LogP contribution in [0, 0.1) is 11.2 Å². The fourth-order valence-corrected chi connectivity index (χ4v) is 5.20. The zero-order valence-corrected chi connectivity index (χ0v) is 19.2. The highest BCUT2D eigenvalue weighted by atomic mass is 35.5. The Morgan fingerprint density at radius 2 is 2.03 bits per heavy atom. The minimum atomic E-state index is -0.363. The maximum atomic E-state index is 14.3. The molecule has 2 nitrogen and oxygen atoms in total. The van der Waals surface area contributed by atoms with Gasteiger partial charge in [0.05, 0.1) is 12.7 Å². The normalized spacial score (nSPS) is 22.5.